The van der Waals surface area contributed by atoms with Gasteiger partial charge in [-0.05, 0) is 43.5 Å². The summed E-state index contributed by atoms with van der Waals surface area (Å²) in [4.78, 5) is 4.39. The van der Waals surface area contributed by atoms with Gasteiger partial charge < -0.3 is 4.74 Å². The molecule has 2 atom stereocenters. The first-order valence-corrected chi connectivity index (χ1v) is 7.77. The number of hydrogen-bond acceptors (Lipinski definition) is 3. The number of halogens is 1. The Labute approximate surface area is 129 Å². The van der Waals surface area contributed by atoms with Crippen LogP contribution in [0.1, 0.15) is 32.1 Å². The van der Waals surface area contributed by atoms with E-state index in [0.717, 1.165) is 42.3 Å². The topological polar surface area (TPSA) is 45.9 Å². The van der Waals surface area contributed by atoms with Crippen LogP contribution in [0.5, 0.6) is 5.75 Å². The van der Waals surface area contributed by atoms with Gasteiger partial charge in [0.15, 0.2) is 0 Å². The molecule has 0 amide bonds. The van der Waals surface area contributed by atoms with E-state index >= 15 is 0 Å². The van der Waals surface area contributed by atoms with Crippen LogP contribution in [0.15, 0.2) is 30.5 Å². The summed E-state index contributed by atoms with van der Waals surface area (Å²) in [6, 6.07) is 9.89. The Bertz CT molecular complexity index is 680. The van der Waals surface area contributed by atoms with E-state index in [0.29, 0.717) is 5.02 Å². The summed E-state index contributed by atoms with van der Waals surface area (Å²) in [6.45, 7) is 0. The summed E-state index contributed by atoms with van der Waals surface area (Å²) < 4.78 is 6.16. The smallest absolute Gasteiger partial charge is 0.146 e. The molecule has 1 aliphatic carbocycles. The van der Waals surface area contributed by atoms with Crippen molar-refractivity contribution in [1.29, 1.82) is 5.26 Å². The van der Waals surface area contributed by atoms with Crippen molar-refractivity contribution in [2.24, 2.45) is 5.92 Å². The predicted molar refractivity (Wildman–Crippen MR) is 83.4 cm³/mol. The van der Waals surface area contributed by atoms with Gasteiger partial charge in [0.25, 0.3) is 0 Å². The molecule has 1 heterocycles. The molecule has 0 N–H and O–H groups in total. The molecule has 2 unspecified atom stereocenters. The van der Waals surface area contributed by atoms with Crippen molar-refractivity contribution >= 4 is 22.5 Å². The Hall–Kier alpha value is -1.79. The highest BCUT2D eigenvalue weighted by atomic mass is 35.5. The second-order valence-corrected chi connectivity index (χ2v) is 5.88. The summed E-state index contributed by atoms with van der Waals surface area (Å²) in [5.74, 6) is 0.684. The van der Waals surface area contributed by atoms with Crippen LogP contribution in [0.4, 0.5) is 0 Å². The molecule has 1 saturated carbocycles. The first kappa shape index (κ1) is 14.2. The molecule has 0 saturated heterocycles. The fraction of sp³-hybridized carbons (Fsp3) is 0.412. The maximum absolute atomic E-state index is 9.36. The van der Waals surface area contributed by atoms with Gasteiger partial charge in [0.2, 0.25) is 0 Å². The number of fused-ring (bicyclic) bond motifs is 1. The van der Waals surface area contributed by atoms with E-state index in [9.17, 15) is 5.26 Å². The number of hydrogen-bond donors (Lipinski definition) is 0. The minimum atomic E-state index is -0.0520. The van der Waals surface area contributed by atoms with Gasteiger partial charge in [-0.15, -0.1) is 0 Å². The van der Waals surface area contributed by atoms with E-state index in [1.54, 1.807) is 6.20 Å². The summed E-state index contributed by atoms with van der Waals surface area (Å²) in [6.07, 6.45) is 6.93. The van der Waals surface area contributed by atoms with Crippen LogP contribution >= 0.6 is 11.6 Å². The monoisotopic (exact) mass is 300 g/mol. The second-order valence-electron chi connectivity index (χ2n) is 5.47. The molecule has 0 aliphatic heterocycles. The third kappa shape index (κ3) is 2.96. The first-order valence-electron chi connectivity index (χ1n) is 7.39. The molecular weight excluding hydrogens is 284 g/mol. The molecule has 21 heavy (non-hydrogen) atoms. The number of pyridine rings is 1. The van der Waals surface area contributed by atoms with Gasteiger partial charge in [0.05, 0.1) is 17.0 Å². The van der Waals surface area contributed by atoms with Gasteiger partial charge in [-0.3, -0.25) is 4.98 Å². The number of benzene rings is 1. The van der Waals surface area contributed by atoms with Crippen LogP contribution < -0.4 is 4.74 Å². The Morgan fingerprint density at radius 2 is 2.05 bits per heavy atom. The van der Waals surface area contributed by atoms with Gasteiger partial charge >= 0.3 is 0 Å². The van der Waals surface area contributed by atoms with Gasteiger partial charge in [0.1, 0.15) is 17.4 Å². The van der Waals surface area contributed by atoms with Crippen LogP contribution in [-0.4, -0.2) is 11.1 Å². The molecule has 1 aliphatic rings. The molecular formula is C17H17ClN2O. The highest BCUT2D eigenvalue weighted by Gasteiger charge is 2.26. The molecule has 108 valence electrons. The fourth-order valence-electron chi connectivity index (χ4n) is 2.93. The zero-order valence-corrected chi connectivity index (χ0v) is 12.5. The molecule has 1 fully saturated rings. The highest BCUT2D eigenvalue weighted by molar-refractivity contribution is 6.35. The Morgan fingerprint density at radius 1 is 1.19 bits per heavy atom. The maximum atomic E-state index is 9.36. The van der Waals surface area contributed by atoms with Crippen LogP contribution in [0.3, 0.4) is 0 Å². The van der Waals surface area contributed by atoms with E-state index in [1.807, 2.05) is 24.3 Å². The van der Waals surface area contributed by atoms with E-state index in [1.165, 1.54) is 6.42 Å². The normalized spacial score (nSPS) is 22.5. The Kier molecular flexibility index (Phi) is 4.26. The standard InChI is InChI=1S/C17H17ClN2O/c18-14-8-9-16(17-13(14)6-4-10-20-17)21-15-7-3-1-2-5-12(15)11-19/h4,6,8-10,12,15H,1-3,5,7H2. The molecule has 0 spiro atoms. The van der Waals surface area contributed by atoms with Gasteiger partial charge in [0, 0.05) is 11.6 Å². The lowest BCUT2D eigenvalue weighted by Gasteiger charge is -2.22. The number of ether oxygens (including phenoxy) is 1. The maximum Gasteiger partial charge on any atom is 0.146 e. The third-order valence-electron chi connectivity index (χ3n) is 4.08. The lowest BCUT2D eigenvalue weighted by atomic mass is 9.99. The van der Waals surface area contributed by atoms with Crippen molar-refractivity contribution in [3.05, 3.63) is 35.5 Å². The summed E-state index contributed by atoms with van der Waals surface area (Å²) >= 11 is 6.21. The Morgan fingerprint density at radius 3 is 2.90 bits per heavy atom. The average molecular weight is 301 g/mol. The van der Waals surface area contributed by atoms with Gasteiger partial charge in [-0.25, -0.2) is 0 Å². The number of nitrogens with zero attached hydrogens (tertiary/aromatic N) is 2. The minimum Gasteiger partial charge on any atom is -0.487 e. The number of aromatic nitrogens is 1. The molecule has 1 aromatic heterocycles. The van der Waals surface area contributed by atoms with Crippen LogP contribution in [0.25, 0.3) is 10.9 Å². The fourth-order valence-corrected chi connectivity index (χ4v) is 3.15. The Balaban J connectivity index is 1.94. The number of rotatable bonds is 2. The summed E-state index contributed by atoms with van der Waals surface area (Å²) in [7, 11) is 0. The molecule has 4 heteroatoms. The molecule has 2 aromatic rings. The zero-order chi connectivity index (χ0) is 14.7. The summed E-state index contributed by atoms with van der Waals surface area (Å²) in [5.41, 5.74) is 0.769. The molecule has 0 bridgehead atoms. The second kappa shape index (κ2) is 6.32. The first-order chi connectivity index (χ1) is 10.3. The lowest BCUT2D eigenvalue weighted by molar-refractivity contribution is 0.154. The van der Waals surface area contributed by atoms with Crippen molar-refractivity contribution < 1.29 is 4.74 Å². The largest absolute Gasteiger partial charge is 0.487 e. The third-order valence-corrected chi connectivity index (χ3v) is 4.41. The molecule has 0 radical (unpaired) electrons. The van der Waals surface area contributed by atoms with Crippen molar-refractivity contribution in [1.82, 2.24) is 4.98 Å². The van der Waals surface area contributed by atoms with E-state index in [-0.39, 0.29) is 12.0 Å². The van der Waals surface area contributed by atoms with Gasteiger partial charge in [-0.2, -0.15) is 5.26 Å². The van der Waals surface area contributed by atoms with E-state index in [4.69, 9.17) is 16.3 Å². The zero-order valence-electron chi connectivity index (χ0n) is 11.8. The van der Waals surface area contributed by atoms with Gasteiger partial charge in [-0.1, -0.05) is 24.4 Å². The highest BCUT2D eigenvalue weighted by Crippen LogP contribution is 2.33. The average Bonchev–Trinajstić information content (AvgIpc) is 2.75. The van der Waals surface area contributed by atoms with Crippen molar-refractivity contribution in [3.8, 4) is 11.8 Å². The van der Waals surface area contributed by atoms with Crippen molar-refractivity contribution in [3.63, 3.8) is 0 Å². The minimum absolute atomic E-state index is 0.0399. The SMILES string of the molecule is N#CC1CCCCCC1Oc1ccc(Cl)c2cccnc12. The lowest BCUT2D eigenvalue weighted by Crippen LogP contribution is -2.25. The van der Waals surface area contributed by atoms with E-state index in [2.05, 4.69) is 11.1 Å². The van der Waals surface area contributed by atoms with Crippen LogP contribution in [-0.2, 0) is 0 Å². The molecule has 3 nitrogen and oxygen atoms in total. The van der Waals surface area contributed by atoms with Crippen molar-refractivity contribution in [2.45, 2.75) is 38.2 Å². The number of nitriles is 1. The molecule has 3 rings (SSSR count). The molecule has 1 aromatic carbocycles. The quantitative estimate of drug-likeness (QED) is 0.753. The van der Waals surface area contributed by atoms with Crippen molar-refractivity contribution in [2.75, 3.05) is 0 Å². The van der Waals surface area contributed by atoms with E-state index < -0.39 is 0 Å². The van der Waals surface area contributed by atoms with Crippen LogP contribution in [0, 0.1) is 17.2 Å². The predicted octanol–water partition coefficient (Wildman–Crippen LogP) is 4.74. The summed E-state index contributed by atoms with van der Waals surface area (Å²) in [5, 5.41) is 10.9. The van der Waals surface area contributed by atoms with Crippen LogP contribution in [0.2, 0.25) is 5.02 Å².